The van der Waals surface area contributed by atoms with Crippen molar-refractivity contribution < 1.29 is 9.53 Å². The zero-order valence-electron chi connectivity index (χ0n) is 10.4. The molecule has 2 N–H and O–H groups in total. The van der Waals surface area contributed by atoms with Crippen LogP contribution in [0.5, 0.6) is 0 Å². The second kappa shape index (κ2) is 7.98. The van der Waals surface area contributed by atoms with E-state index in [1.165, 1.54) is 5.56 Å². The van der Waals surface area contributed by atoms with Gasteiger partial charge >= 0.3 is 0 Å². The van der Waals surface area contributed by atoms with E-state index >= 15 is 0 Å². The molecule has 0 saturated heterocycles. The fraction of sp³-hybridized carbons (Fsp3) is 0.500. The molecule has 0 amide bonds. The summed E-state index contributed by atoms with van der Waals surface area (Å²) in [4.78, 5) is 11.7. The normalized spacial score (nSPS) is 12.4. The lowest BCUT2D eigenvalue weighted by Gasteiger charge is -2.10. The predicted molar refractivity (Wildman–Crippen MR) is 68.9 cm³/mol. The fourth-order valence-electron chi connectivity index (χ4n) is 1.71. The molecular formula is C14H21NO2. The minimum atomic E-state index is -0.339. The summed E-state index contributed by atoms with van der Waals surface area (Å²) in [5, 5.41) is 0. The van der Waals surface area contributed by atoms with Crippen LogP contribution < -0.4 is 5.73 Å². The predicted octanol–water partition coefficient (Wildman–Crippen LogP) is 1.94. The van der Waals surface area contributed by atoms with Crippen LogP contribution in [-0.2, 0) is 16.0 Å². The van der Waals surface area contributed by atoms with Crippen LogP contribution in [0.4, 0.5) is 0 Å². The zero-order chi connectivity index (χ0) is 12.5. The third kappa shape index (κ3) is 5.61. The number of benzene rings is 1. The summed E-state index contributed by atoms with van der Waals surface area (Å²) in [5.74, 6) is 0.143. The van der Waals surface area contributed by atoms with Crippen molar-refractivity contribution in [2.45, 2.75) is 31.7 Å². The van der Waals surface area contributed by atoms with Gasteiger partial charge in [-0.15, -0.1) is 0 Å². The number of aryl methyl sites for hydroxylation is 1. The van der Waals surface area contributed by atoms with E-state index in [-0.39, 0.29) is 11.8 Å². The number of nitrogens with two attached hydrogens (primary N) is 1. The Kier molecular flexibility index (Phi) is 6.51. The molecule has 17 heavy (non-hydrogen) atoms. The molecule has 0 heterocycles. The van der Waals surface area contributed by atoms with E-state index < -0.39 is 0 Å². The number of methoxy groups -OCH3 is 1. The highest BCUT2D eigenvalue weighted by Crippen LogP contribution is 2.06. The lowest BCUT2D eigenvalue weighted by atomic mass is 10.0. The Morgan fingerprint density at radius 2 is 2.06 bits per heavy atom. The molecular weight excluding hydrogens is 214 g/mol. The molecule has 0 fully saturated rings. The summed E-state index contributed by atoms with van der Waals surface area (Å²) in [6, 6.07) is 9.67. The van der Waals surface area contributed by atoms with Crippen molar-refractivity contribution >= 4 is 5.78 Å². The van der Waals surface area contributed by atoms with Gasteiger partial charge in [0.25, 0.3) is 0 Å². The summed E-state index contributed by atoms with van der Waals surface area (Å²) in [6.45, 7) is 0.666. The molecule has 1 atom stereocenters. The number of hydrogen-bond donors (Lipinski definition) is 1. The summed E-state index contributed by atoms with van der Waals surface area (Å²) in [6.07, 6.45) is 2.85. The van der Waals surface area contributed by atoms with Gasteiger partial charge in [0.15, 0.2) is 0 Å². The molecule has 0 aliphatic heterocycles. The van der Waals surface area contributed by atoms with Gasteiger partial charge in [-0.3, -0.25) is 4.79 Å². The van der Waals surface area contributed by atoms with Crippen molar-refractivity contribution in [1.82, 2.24) is 0 Å². The van der Waals surface area contributed by atoms with Gasteiger partial charge in [-0.1, -0.05) is 30.3 Å². The van der Waals surface area contributed by atoms with Crippen LogP contribution in [0.3, 0.4) is 0 Å². The van der Waals surface area contributed by atoms with Gasteiger partial charge in [0.05, 0.1) is 6.04 Å². The Hall–Kier alpha value is -1.19. The fourth-order valence-corrected chi connectivity index (χ4v) is 1.71. The van der Waals surface area contributed by atoms with Crippen LogP contribution in [0.25, 0.3) is 0 Å². The Morgan fingerprint density at radius 1 is 1.35 bits per heavy atom. The van der Waals surface area contributed by atoms with E-state index in [4.69, 9.17) is 10.5 Å². The Bertz CT molecular complexity index is 324. The maximum atomic E-state index is 11.7. The van der Waals surface area contributed by atoms with Crippen LogP contribution >= 0.6 is 0 Å². The highest BCUT2D eigenvalue weighted by Gasteiger charge is 2.12. The molecule has 0 bridgehead atoms. The summed E-state index contributed by atoms with van der Waals surface area (Å²) in [5.41, 5.74) is 7.00. The monoisotopic (exact) mass is 235 g/mol. The zero-order valence-corrected chi connectivity index (χ0v) is 10.4. The SMILES string of the molecule is COCCCC(N)C(=O)CCc1ccccc1. The van der Waals surface area contributed by atoms with Gasteiger partial charge in [-0.2, -0.15) is 0 Å². The first-order valence-electron chi connectivity index (χ1n) is 6.05. The van der Waals surface area contributed by atoms with E-state index in [0.29, 0.717) is 19.4 Å². The number of ketones is 1. The molecule has 0 aromatic heterocycles. The van der Waals surface area contributed by atoms with Crippen LogP contribution in [0.15, 0.2) is 30.3 Å². The average Bonchev–Trinajstić information content (AvgIpc) is 2.37. The summed E-state index contributed by atoms with van der Waals surface area (Å²) < 4.78 is 4.93. The Balaban J connectivity index is 2.24. The number of carbonyl (C=O) groups is 1. The molecule has 0 radical (unpaired) electrons. The van der Waals surface area contributed by atoms with Crippen LogP contribution in [0, 0.1) is 0 Å². The smallest absolute Gasteiger partial charge is 0.149 e. The molecule has 1 aromatic carbocycles. The first-order chi connectivity index (χ1) is 8.24. The van der Waals surface area contributed by atoms with Crippen LogP contribution in [0.1, 0.15) is 24.8 Å². The maximum absolute atomic E-state index is 11.7. The van der Waals surface area contributed by atoms with E-state index in [9.17, 15) is 4.79 Å². The van der Waals surface area contributed by atoms with Crippen LogP contribution in [-0.4, -0.2) is 25.5 Å². The first kappa shape index (κ1) is 13.9. The number of ether oxygens (including phenoxy) is 1. The van der Waals surface area contributed by atoms with Gasteiger partial charge in [-0.25, -0.2) is 0 Å². The van der Waals surface area contributed by atoms with Gasteiger partial charge < -0.3 is 10.5 Å². The molecule has 0 aliphatic carbocycles. The van der Waals surface area contributed by atoms with Crippen LogP contribution in [0.2, 0.25) is 0 Å². The van der Waals surface area contributed by atoms with Gasteiger partial charge in [0.2, 0.25) is 0 Å². The summed E-state index contributed by atoms with van der Waals surface area (Å²) in [7, 11) is 1.66. The highest BCUT2D eigenvalue weighted by molar-refractivity contribution is 5.83. The topological polar surface area (TPSA) is 52.3 Å². The molecule has 3 heteroatoms. The number of Topliss-reactive ketones (excluding diaryl/α,β-unsaturated/α-hetero) is 1. The number of rotatable bonds is 8. The molecule has 0 aliphatic rings. The molecule has 0 saturated carbocycles. The lowest BCUT2D eigenvalue weighted by molar-refractivity contribution is -0.120. The van der Waals surface area contributed by atoms with Crippen molar-refractivity contribution in [3.63, 3.8) is 0 Å². The van der Waals surface area contributed by atoms with Crippen molar-refractivity contribution in [2.24, 2.45) is 5.73 Å². The largest absolute Gasteiger partial charge is 0.385 e. The van der Waals surface area contributed by atoms with Gasteiger partial charge in [-0.05, 0) is 24.8 Å². The second-order valence-electron chi connectivity index (χ2n) is 4.19. The molecule has 1 aromatic rings. The second-order valence-corrected chi connectivity index (χ2v) is 4.19. The average molecular weight is 235 g/mol. The quantitative estimate of drug-likeness (QED) is 0.701. The minimum absolute atomic E-state index is 0.143. The highest BCUT2D eigenvalue weighted by atomic mass is 16.5. The van der Waals surface area contributed by atoms with Gasteiger partial charge in [0, 0.05) is 20.1 Å². The van der Waals surface area contributed by atoms with Crippen molar-refractivity contribution in [2.75, 3.05) is 13.7 Å². The molecule has 3 nitrogen and oxygen atoms in total. The van der Waals surface area contributed by atoms with Crippen molar-refractivity contribution in [3.8, 4) is 0 Å². The molecule has 94 valence electrons. The van der Waals surface area contributed by atoms with E-state index in [0.717, 1.165) is 12.8 Å². The lowest BCUT2D eigenvalue weighted by Crippen LogP contribution is -2.30. The van der Waals surface area contributed by atoms with Crippen molar-refractivity contribution in [1.29, 1.82) is 0 Å². The van der Waals surface area contributed by atoms with E-state index in [1.54, 1.807) is 7.11 Å². The first-order valence-corrected chi connectivity index (χ1v) is 6.05. The van der Waals surface area contributed by atoms with Crippen molar-refractivity contribution in [3.05, 3.63) is 35.9 Å². The number of hydrogen-bond acceptors (Lipinski definition) is 3. The summed E-state index contributed by atoms with van der Waals surface area (Å²) >= 11 is 0. The number of carbonyl (C=O) groups excluding carboxylic acids is 1. The Labute approximate surface area is 103 Å². The third-order valence-corrected chi connectivity index (χ3v) is 2.78. The molecule has 0 spiro atoms. The minimum Gasteiger partial charge on any atom is -0.385 e. The van der Waals surface area contributed by atoms with E-state index in [2.05, 4.69) is 0 Å². The molecule has 1 rings (SSSR count). The maximum Gasteiger partial charge on any atom is 0.149 e. The Morgan fingerprint density at radius 3 is 2.71 bits per heavy atom. The van der Waals surface area contributed by atoms with E-state index in [1.807, 2.05) is 30.3 Å². The standard InChI is InChI=1S/C14H21NO2/c1-17-11-5-8-13(15)14(16)10-9-12-6-3-2-4-7-12/h2-4,6-7,13H,5,8-11,15H2,1H3. The third-order valence-electron chi connectivity index (χ3n) is 2.78. The van der Waals surface area contributed by atoms with Gasteiger partial charge in [0.1, 0.15) is 5.78 Å². The molecule has 1 unspecified atom stereocenters.